The Morgan fingerprint density at radius 1 is 1.11 bits per heavy atom. The minimum absolute atomic E-state index is 0.710. The standard InChI is InChI=1S/C14H26N2O2/c17-11-2-1-5-15-7-9-16(10-8-15)6-3-14-4-12-18-13-14/h11,14H,1-10,12-13H2. The molecule has 0 amide bonds. The minimum atomic E-state index is 0.710. The van der Waals surface area contributed by atoms with Crippen molar-refractivity contribution in [3.05, 3.63) is 0 Å². The highest BCUT2D eigenvalue weighted by Gasteiger charge is 2.19. The van der Waals surface area contributed by atoms with Gasteiger partial charge in [-0.3, -0.25) is 0 Å². The van der Waals surface area contributed by atoms with E-state index in [9.17, 15) is 4.79 Å². The van der Waals surface area contributed by atoms with Crippen LogP contribution < -0.4 is 0 Å². The van der Waals surface area contributed by atoms with Gasteiger partial charge in [0.15, 0.2) is 0 Å². The number of ether oxygens (including phenoxy) is 1. The molecule has 1 unspecified atom stereocenters. The second kappa shape index (κ2) is 7.87. The van der Waals surface area contributed by atoms with E-state index >= 15 is 0 Å². The topological polar surface area (TPSA) is 32.8 Å². The summed E-state index contributed by atoms with van der Waals surface area (Å²) in [5, 5.41) is 0. The normalized spacial score (nSPS) is 26.6. The van der Waals surface area contributed by atoms with Gasteiger partial charge in [0.05, 0.1) is 0 Å². The number of hydrogen-bond acceptors (Lipinski definition) is 4. The first kappa shape index (κ1) is 14.0. The molecule has 2 rings (SSSR count). The zero-order chi connectivity index (χ0) is 12.6. The maximum atomic E-state index is 10.3. The summed E-state index contributed by atoms with van der Waals surface area (Å²) in [5.74, 6) is 0.802. The van der Waals surface area contributed by atoms with Crippen LogP contribution in [0.1, 0.15) is 25.7 Å². The number of rotatable bonds is 7. The lowest BCUT2D eigenvalue weighted by molar-refractivity contribution is -0.108. The summed E-state index contributed by atoms with van der Waals surface area (Å²) < 4.78 is 5.41. The van der Waals surface area contributed by atoms with Gasteiger partial charge >= 0.3 is 0 Å². The Balaban J connectivity index is 1.53. The molecule has 0 saturated carbocycles. The van der Waals surface area contributed by atoms with Crippen LogP contribution in [0, 0.1) is 5.92 Å². The van der Waals surface area contributed by atoms with Crippen LogP contribution in [0.2, 0.25) is 0 Å². The Kier molecular flexibility index (Phi) is 6.11. The molecule has 2 fully saturated rings. The lowest BCUT2D eigenvalue weighted by atomic mass is 10.0. The summed E-state index contributed by atoms with van der Waals surface area (Å²) in [7, 11) is 0. The van der Waals surface area contributed by atoms with Crippen LogP contribution in [0.3, 0.4) is 0 Å². The van der Waals surface area contributed by atoms with Crippen LogP contribution in [0.25, 0.3) is 0 Å². The van der Waals surface area contributed by atoms with Gasteiger partial charge in [-0.2, -0.15) is 0 Å². The van der Waals surface area contributed by atoms with E-state index in [1.165, 1.54) is 45.6 Å². The highest BCUT2D eigenvalue weighted by atomic mass is 16.5. The molecule has 18 heavy (non-hydrogen) atoms. The second-order valence-electron chi connectivity index (χ2n) is 5.51. The van der Waals surface area contributed by atoms with Crippen molar-refractivity contribution in [1.82, 2.24) is 9.80 Å². The summed E-state index contributed by atoms with van der Waals surface area (Å²) in [6.45, 7) is 8.98. The van der Waals surface area contributed by atoms with Crippen LogP contribution in [0.5, 0.6) is 0 Å². The molecule has 0 bridgehead atoms. The van der Waals surface area contributed by atoms with E-state index in [1.807, 2.05) is 0 Å². The number of unbranched alkanes of at least 4 members (excludes halogenated alkanes) is 1. The van der Waals surface area contributed by atoms with Gasteiger partial charge in [0.1, 0.15) is 6.29 Å². The maximum absolute atomic E-state index is 10.3. The Hall–Kier alpha value is -0.450. The van der Waals surface area contributed by atoms with E-state index in [2.05, 4.69) is 9.80 Å². The van der Waals surface area contributed by atoms with Crippen LogP contribution >= 0.6 is 0 Å². The molecule has 1 atom stereocenters. The average molecular weight is 254 g/mol. The number of nitrogens with zero attached hydrogens (tertiary/aromatic N) is 2. The quantitative estimate of drug-likeness (QED) is 0.501. The van der Waals surface area contributed by atoms with Crippen LogP contribution in [0.15, 0.2) is 0 Å². The second-order valence-corrected chi connectivity index (χ2v) is 5.51. The zero-order valence-electron chi connectivity index (χ0n) is 11.4. The third-order valence-corrected chi connectivity index (χ3v) is 4.14. The van der Waals surface area contributed by atoms with Crippen LogP contribution in [-0.2, 0) is 9.53 Å². The summed E-state index contributed by atoms with van der Waals surface area (Å²) in [6, 6.07) is 0. The van der Waals surface area contributed by atoms with E-state index in [1.54, 1.807) is 0 Å². The fraction of sp³-hybridized carbons (Fsp3) is 0.929. The Morgan fingerprint density at radius 2 is 1.83 bits per heavy atom. The Morgan fingerprint density at radius 3 is 2.44 bits per heavy atom. The fourth-order valence-corrected chi connectivity index (χ4v) is 2.81. The van der Waals surface area contributed by atoms with Crippen molar-refractivity contribution < 1.29 is 9.53 Å². The SMILES string of the molecule is O=CCCCN1CCN(CCC2CCOC2)CC1. The molecule has 0 aromatic rings. The molecule has 2 aliphatic heterocycles. The molecule has 0 radical (unpaired) electrons. The first-order valence-corrected chi connectivity index (χ1v) is 7.34. The van der Waals surface area contributed by atoms with Crippen molar-refractivity contribution in [3.8, 4) is 0 Å². The summed E-state index contributed by atoms with van der Waals surface area (Å²) in [5.41, 5.74) is 0. The lowest BCUT2D eigenvalue weighted by Gasteiger charge is -2.35. The predicted molar refractivity (Wildman–Crippen MR) is 71.7 cm³/mol. The molecule has 0 aliphatic carbocycles. The average Bonchev–Trinajstić information content (AvgIpc) is 2.91. The van der Waals surface area contributed by atoms with Gasteiger partial charge in [-0.05, 0) is 38.3 Å². The van der Waals surface area contributed by atoms with E-state index in [-0.39, 0.29) is 0 Å². The molecule has 4 heteroatoms. The molecule has 0 aromatic carbocycles. The van der Waals surface area contributed by atoms with Gasteiger partial charge in [0, 0.05) is 45.8 Å². The summed E-state index contributed by atoms with van der Waals surface area (Å²) >= 11 is 0. The molecule has 4 nitrogen and oxygen atoms in total. The number of hydrogen-bond donors (Lipinski definition) is 0. The van der Waals surface area contributed by atoms with Gasteiger partial charge in [0.25, 0.3) is 0 Å². The predicted octanol–water partition coefficient (Wildman–Crippen LogP) is 1.01. The molecule has 104 valence electrons. The molecule has 0 N–H and O–H groups in total. The largest absolute Gasteiger partial charge is 0.381 e. The number of piperazine rings is 1. The van der Waals surface area contributed by atoms with Crippen molar-refractivity contribution in [1.29, 1.82) is 0 Å². The van der Waals surface area contributed by atoms with E-state index in [4.69, 9.17) is 4.74 Å². The van der Waals surface area contributed by atoms with Crippen LogP contribution in [-0.4, -0.2) is 68.6 Å². The molecule has 0 aromatic heterocycles. The number of carbonyl (C=O) groups excluding carboxylic acids is 1. The fourth-order valence-electron chi connectivity index (χ4n) is 2.81. The van der Waals surface area contributed by atoms with Gasteiger partial charge < -0.3 is 19.3 Å². The lowest BCUT2D eigenvalue weighted by Crippen LogP contribution is -2.47. The highest BCUT2D eigenvalue weighted by Crippen LogP contribution is 2.17. The highest BCUT2D eigenvalue weighted by molar-refractivity contribution is 5.48. The van der Waals surface area contributed by atoms with Gasteiger partial charge in [-0.1, -0.05) is 0 Å². The smallest absolute Gasteiger partial charge is 0.120 e. The van der Waals surface area contributed by atoms with Crippen molar-refractivity contribution >= 4 is 6.29 Å². The monoisotopic (exact) mass is 254 g/mol. The first-order valence-electron chi connectivity index (χ1n) is 7.34. The molecule has 2 aliphatic rings. The maximum Gasteiger partial charge on any atom is 0.120 e. The molecule has 2 saturated heterocycles. The Labute approximate surface area is 110 Å². The third-order valence-electron chi connectivity index (χ3n) is 4.14. The van der Waals surface area contributed by atoms with E-state index in [0.717, 1.165) is 38.4 Å². The summed E-state index contributed by atoms with van der Waals surface area (Å²) in [6.07, 6.45) is 5.31. The van der Waals surface area contributed by atoms with Gasteiger partial charge in [0.2, 0.25) is 0 Å². The van der Waals surface area contributed by atoms with Crippen molar-refractivity contribution in [2.75, 3.05) is 52.5 Å². The molecule has 0 spiro atoms. The number of aldehydes is 1. The molecular weight excluding hydrogens is 228 g/mol. The first-order chi connectivity index (χ1) is 8.88. The van der Waals surface area contributed by atoms with E-state index < -0.39 is 0 Å². The minimum Gasteiger partial charge on any atom is -0.381 e. The van der Waals surface area contributed by atoms with Gasteiger partial charge in [-0.25, -0.2) is 0 Å². The van der Waals surface area contributed by atoms with Crippen LogP contribution in [0.4, 0.5) is 0 Å². The molecule has 2 heterocycles. The van der Waals surface area contributed by atoms with Crippen molar-refractivity contribution in [2.24, 2.45) is 5.92 Å². The summed E-state index contributed by atoms with van der Waals surface area (Å²) in [4.78, 5) is 15.3. The van der Waals surface area contributed by atoms with Crippen molar-refractivity contribution in [3.63, 3.8) is 0 Å². The van der Waals surface area contributed by atoms with E-state index in [0.29, 0.717) is 6.42 Å². The van der Waals surface area contributed by atoms with Crippen molar-refractivity contribution in [2.45, 2.75) is 25.7 Å². The van der Waals surface area contributed by atoms with Gasteiger partial charge in [-0.15, -0.1) is 0 Å². The third kappa shape index (κ3) is 4.67. The zero-order valence-corrected chi connectivity index (χ0v) is 11.4. The number of carbonyl (C=O) groups is 1. The molecular formula is C14H26N2O2. The Bertz CT molecular complexity index is 234.